The van der Waals surface area contributed by atoms with Gasteiger partial charge in [-0.05, 0) is 18.4 Å². The quantitative estimate of drug-likeness (QED) is 0.902. The number of nitrogens with zero attached hydrogens (tertiary/aromatic N) is 1. The highest BCUT2D eigenvalue weighted by Crippen LogP contribution is 2.23. The van der Waals surface area contributed by atoms with Gasteiger partial charge >= 0.3 is 5.97 Å². The Morgan fingerprint density at radius 2 is 1.90 bits per heavy atom. The number of likely N-dealkylation sites (tertiary alicyclic amines) is 1. The molecule has 1 aliphatic rings. The van der Waals surface area contributed by atoms with Crippen molar-refractivity contribution in [1.82, 2.24) is 4.90 Å². The summed E-state index contributed by atoms with van der Waals surface area (Å²) >= 11 is 0. The van der Waals surface area contributed by atoms with Gasteiger partial charge in [-0.1, -0.05) is 30.3 Å². The van der Waals surface area contributed by atoms with Gasteiger partial charge in [0.15, 0.2) is 0 Å². The number of aliphatic carboxylic acids is 1. The summed E-state index contributed by atoms with van der Waals surface area (Å²) in [5, 5.41) is 8.97. The molecular formula is C16H21NO4. The Labute approximate surface area is 124 Å². The lowest BCUT2D eigenvalue weighted by atomic mass is 9.96. The lowest BCUT2D eigenvalue weighted by molar-refractivity contribution is -0.146. The number of carboxylic acid groups (broad SMARTS) is 1. The predicted octanol–water partition coefficient (Wildman–Crippen LogP) is 2.09. The van der Waals surface area contributed by atoms with Crippen molar-refractivity contribution in [2.75, 3.05) is 20.2 Å². The summed E-state index contributed by atoms with van der Waals surface area (Å²) < 4.78 is 5.42. The minimum absolute atomic E-state index is 0.0227. The van der Waals surface area contributed by atoms with E-state index in [0.717, 1.165) is 5.56 Å². The van der Waals surface area contributed by atoms with Crippen LogP contribution in [0.3, 0.4) is 0 Å². The first-order valence-corrected chi connectivity index (χ1v) is 7.20. The van der Waals surface area contributed by atoms with Gasteiger partial charge in [0, 0.05) is 20.2 Å². The molecule has 0 bridgehead atoms. The summed E-state index contributed by atoms with van der Waals surface area (Å²) in [4.78, 5) is 25.0. The average Bonchev–Trinajstić information content (AvgIpc) is 2.53. The molecule has 1 aliphatic heterocycles. The van der Waals surface area contributed by atoms with Crippen molar-refractivity contribution < 1.29 is 19.4 Å². The largest absolute Gasteiger partial charge is 0.481 e. The number of rotatable bonds is 5. The van der Waals surface area contributed by atoms with Crippen LogP contribution in [0.25, 0.3) is 0 Å². The zero-order chi connectivity index (χ0) is 15.2. The van der Waals surface area contributed by atoms with Crippen LogP contribution in [0.5, 0.6) is 0 Å². The van der Waals surface area contributed by atoms with E-state index in [1.54, 1.807) is 12.0 Å². The molecule has 21 heavy (non-hydrogen) atoms. The second-order valence-electron chi connectivity index (χ2n) is 5.33. The molecule has 1 aromatic rings. The van der Waals surface area contributed by atoms with Crippen molar-refractivity contribution in [3.05, 3.63) is 35.9 Å². The van der Waals surface area contributed by atoms with Gasteiger partial charge in [-0.25, -0.2) is 0 Å². The highest BCUT2D eigenvalue weighted by Gasteiger charge is 2.28. The first kappa shape index (κ1) is 15.5. The zero-order valence-electron chi connectivity index (χ0n) is 12.2. The molecule has 1 aromatic carbocycles. The highest BCUT2D eigenvalue weighted by molar-refractivity contribution is 5.77. The summed E-state index contributed by atoms with van der Waals surface area (Å²) in [6, 6.07) is 9.65. The van der Waals surface area contributed by atoms with E-state index in [-0.39, 0.29) is 24.3 Å². The van der Waals surface area contributed by atoms with E-state index in [1.807, 2.05) is 30.3 Å². The van der Waals surface area contributed by atoms with Gasteiger partial charge in [-0.3, -0.25) is 9.59 Å². The fourth-order valence-electron chi connectivity index (χ4n) is 2.67. The van der Waals surface area contributed by atoms with E-state index in [4.69, 9.17) is 9.84 Å². The molecule has 1 saturated heterocycles. The second-order valence-corrected chi connectivity index (χ2v) is 5.33. The van der Waals surface area contributed by atoms with E-state index in [2.05, 4.69) is 0 Å². The predicted molar refractivity (Wildman–Crippen MR) is 77.7 cm³/mol. The van der Waals surface area contributed by atoms with Crippen molar-refractivity contribution in [3.63, 3.8) is 0 Å². The van der Waals surface area contributed by atoms with Crippen LogP contribution in [0.2, 0.25) is 0 Å². The zero-order valence-corrected chi connectivity index (χ0v) is 12.2. The molecule has 1 fully saturated rings. The lowest BCUT2D eigenvalue weighted by Crippen LogP contribution is -2.40. The summed E-state index contributed by atoms with van der Waals surface area (Å²) in [5.41, 5.74) is 0.980. The standard InChI is InChI=1S/C16H21NO4/c1-21-14(12-5-3-2-4-6-12)11-15(18)17-9-7-13(8-10-17)16(19)20/h2-6,13-14H,7-11H2,1H3,(H,19,20). The normalized spacial score (nSPS) is 17.5. The first-order valence-electron chi connectivity index (χ1n) is 7.20. The molecule has 0 saturated carbocycles. The highest BCUT2D eigenvalue weighted by atomic mass is 16.5. The summed E-state index contributed by atoms with van der Waals surface area (Å²) in [6.07, 6.45) is 1.10. The molecule has 0 radical (unpaired) electrons. The van der Waals surface area contributed by atoms with E-state index < -0.39 is 5.97 Å². The Balaban J connectivity index is 1.91. The van der Waals surface area contributed by atoms with Crippen molar-refractivity contribution in [1.29, 1.82) is 0 Å². The van der Waals surface area contributed by atoms with Gasteiger partial charge in [0.05, 0.1) is 18.4 Å². The molecule has 5 nitrogen and oxygen atoms in total. The first-order chi connectivity index (χ1) is 10.1. The molecule has 0 aromatic heterocycles. The van der Waals surface area contributed by atoms with Gasteiger partial charge in [-0.15, -0.1) is 0 Å². The maximum Gasteiger partial charge on any atom is 0.306 e. The van der Waals surface area contributed by atoms with Gasteiger partial charge in [-0.2, -0.15) is 0 Å². The Kier molecular flexibility index (Phi) is 5.33. The maximum atomic E-state index is 12.3. The van der Waals surface area contributed by atoms with Crippen LogP contribution in [0.4, 0.5) is 0 Å². The third-order valence-corrected chi connectivity index (χ3v) is 4.01. The van der Waals surface area contributed by atoms with E-state index in [0.29, 0.717) is 25.9 Å². The molecule has 1 N–H and O–H groups in total. The molecule has 0 spiro atoms. The topological polar surface area (TPSA) is 66.8 Å². The summed E-state index contributed by atoms with van der Waals surface area (Å²) in [6.45, 7) is 1.03. The van der Waals surface area contributed by atoms with Crippen molar-refractivity contribution in [2.45, 2.75) is 25.4 Å². The van der Waals surface area contributed by atoms with Gasteiger partial charge in [0.25, 0.3) is 0 Å². The Morgan fingerprint density at radius 3 is 2.43 bits per heavy atom. The number of benzene rings is 1. The molecular weight excluding hydrogens is 270 g/mol. The van der Waals surface area contributed by atoms with Crippen LogP contribution in [0.1, 0.15) is 30.9 Å². The number of hydrogen-bond acceptors (Lipinski definition) is 3. The van der Waals surface area contributed by atoms with Crippen LogP contribution < -0.4 is 0 Å². The SMILES string of the molecule is COC(CC(=O)N1CCC(C(=O)O)CC1)c1ccccc1. The number of piperidine rings is 1. The van der Waals surface area contributed by atoms with E-state index >= 15 is 0 Å². The molecule has 0 aliphatic carbocycles. The second kappa shape index (κ2) is 7.22. The summed E-state index contributed by atoms with van der Waals surface area (Å²) in [7, 11) is 1.60. The van der Waals surface area contributed by atoms with E-state index in [9.17, 15) is 9.59 Å². The summed E-state index contributed by atoms with van der Waals surface area (Å²) in [5.74, 6) is -1.06. The third kappa shape index (κ3) is 4.04. The molecule has 114 valence electrons. The minimum Gasteiger partial charge on any atom is -0.481 e. The lowest BCUT2D eigenvalue weighted by Gasteiger charge is -2.31. The number of carbonyl (C=O) groups excluding carboxylic acids is 1. The minimum atomic E-state index is -0.763. The monoisotopic (exact) mass is 291 g/mol. The number of carbonyl (C=O) groups is 2. The fraction of sp³-hybridized carbons (Fsp3) is 0.500. The molecule has 2 rings (SSSR count). The Hall–Kier alpha value is -1.88. The number of carboxylic acids is 1. The van der Waals surface area contributed by atoms with Gasteiger partial charge < -0.3 is 14.7 Å². The number of hydrogen-bond donors (Lipinski definition) is 1. The molecule has 1 heterocycles. The van der Waals surface area contributed by atoms with Crippen molar-refractivity contribution in [3.8, 4) is 0 Å². The van der Waals surface area contributed by atoms with Crippen LogP contribution in [-0.2, 0) is 14.3 Å². The fourth-order valence-corrected chi connectivity index (χ4v) is 2.67. The Bertz CT molecular complexity index is 480. The third-order valence-electron chi connectivity index (χ3n) is 4.01. The number of methoxy groups -OCH3 is 1. The van der Waals surface area contributed by atoms with Crippen LogP contribution in [0, 0.1) is 5.92 Å². The van der Waals surface area contributed by atoms with Crippen molar-refractivity contribution in [2.24, 2.45) is 5.92 Å². The molecule has 5 heteroatoms. The Morgan fingerprint density at radius 1 is 1.29 bits per heavy atom. The van der Waals surface area contributed by atoms with Gasteiger partial charge in [0.1, 0.15) is 0 Å². The number of ether oxygens (including phenoxy) is 1. The van der Waals surface area contributed by atoms with Crippen molar-refractivity contribution >= 4 is 11.9 Å². The molecule has 1 atom stereocenters. The van der Waals surface area contributed by atoms with Crippen LogP contribution >= 0.6 is 0 Å². The van der Waals surface area contributed by atoms with Crippen LogP contribution in [-0.4, -0.2) is 42.1 Å². The van der Waals surface area contributed by atoms with Crippen LogP contribution in [0.15, 0.2) is 30.3 Å². The van der Waals surface area contributed by atoms with Gasteiger partial charge in [0.2, 0.25) is 5.91 Å². The molecule has 1 amide bonds. The smallest absolute Gasteiger partial charge is 0.306 e. The number of amides is 1. The van der Waals surface area contributed by atoms with E-state index in [1.165, 1.54) is 0 Å². The maximum absolute atomic E-state index is 12.3. The molecule has 1 unspecified atom stereocenters. The average molecular weight is 291 g/mol.